The van der Waals surface area contributed by atoms with E-state index >= 15 is 4.39 Å². The molecule has 35 heavy (non-hydrogen) atoms. The monoisotopic (exact) mass is 486 g/mol. The van der Waals surface area contributed by atoms with E-state index in [-0.39, 0.29) is 29.1 Å². The average molecular weight is 486 g/mol. The minimum absolute atomic E-state index is 0.106. The highest BCUT2D eigenvalue weighted by atomic mass is 19.4. The maximum Gasteiger partial charge on any atom is 0.573 e. The Hall–Kier alpha value is -3.61. The van der Waals surface area contributed by atoms with Gasteiger partial charge in [-0.2, -0.15) is 5.26 Å². The highest BCUT2D eigenvalue weighted by Gasteiger charge is 2.33. The summed E-state index contributed by atoms with van der Waals surface area (Å²) < 4.78 is 56.0. The lowest BCUT2D eigenvalue weighted by Gasteiger charge is -2.33. The molecule has 1 aromatic carbocycles. The van der Waals surface area contributed by atoms with Gasteiger partial charge in [0.05, 0.1) is 18.2 Å². The molecule has 3 heterocycles. The molecule has 1 unspecified atom stereocenters. The van der Waals surface area contributed by atoms with Crippen LogP contribution in [0.1, 0.15) is 52.4 Å². The third kappa shape index (κ3) is 4.55. The summed E-state index contributed by atoms with van der Waals surface area (Å²) in [5, 5.41) is 10.2. The summed E-state index contributed by atoms with van der Waals surface area (Å²) in [5.41, 5.74) is 3.46. The summed E-state index contributed by atoms with van der Waals surface area (Å²) in [5.74, 6) is -1.29. The van der Waals surface area contributed by atoms with Crippen LogP contribution in [0.2, 0.25) is 0 Å². The number of amides is 1. The van der Waals surface area contributed by atoms with Gasteiger partial charge < -0.3 is 14.6 Å². The zero-order valence-corrected chi connectivity index (χ0v) is 18.7. The van der Waals surface area contributed by atoms with E-state index in [1.165, 1.54) is 18.3 Å². The molecular weight excluding hydrogens is 464 g/mol. The molecule has 0 radical (unpaired) electrons. The van der Waals surface area contributed by atoms with Gasteiger partial charge in [0.25, 0.3) is 5.91 Å². The van der Waals surface area contributed by atoms with E-state index < -0.39 is 12.1 Å². The van der Waals surface area contributed by atoms with Crippen molar-refractivity contribution in [3.63, 3.8) is 0 Å². The number of aromatic nitrogens is 2. The zero-order valence-electron chi connectivity index (χ0n) is 18.7. The fourth-order valence-corrected chi connectivity index (χ4v) is 5.24. The molecule has 2 aliphatic rings. The number of benzene rings is 1. The second kappa shape index (κ2) is 8.87. The number of hydrogen-bond donors (Lipinski definition) is 1. The quantitative estimate of drug-likeness (QED) is 0.513. The molecule has 1 amide bonds. The summed E-state index contributed by atoms with van der Waals surface area (Å²) in [6, 6.07) is 7.16. The number of rotatable bonds is 3. The lowest BCUT2D eigenvalue weighted by atomic mass is 9.82. The van der Waals surface area contributed by atoms with E-state index in [0.29, 0.717) is 43.6 Å². The smallest absolute Gasteiger partial charge is 0.406 e. The molecule has 1 fully saturated rings. The van der Waals surface area contributed by atoms with Gasteiger partial charge in [-0.3, -0.25) is 4.79 Å². The number of nitriles is 1. The maximum absolute atomic E-state index is 15.1. The second-order valence-corrected chi connectivity index (χ2v) is 9.03. The van der Waals surface area contributed by atoms with E-state index in [2.05, 4.69) is 20.8 Å². The average Bonchev–Trinajstić information content (AvgIpc) is 3.21. The molecule has 5 rings (SSSR count). The highest BCUT2D eigenvalue weighted by Crippen LogP contribution is 2.40. The number of halogens is 4. The van der Waals surface area contributed by atoms with Gasteiger partial charge in [-0.15, -0.1) is 13.2 Å². The number of carbonyl (C=O) groups excluding carboxylic acids is 1. The van der Waals surface area contributed by atoms with E-state index in [0.717, 1.165) is 41.6 Å². The number of H-pyrrole nitrogens is 1. The molecule has 0 saturated carbocycles. The van der Waals surface area contributed by atoms with Gasteiger partial charge in [0.1, 0.15) is 17.2 Å². The van der Waals surface area contributed by atoms with Crippen molar-refractivity contribution < 1.29 is 27.1 Å². The topological polar surface area (TPSA) is 82.0 Å². The first-order valence-corrected chi connectivity index (χ1v) is 11.5. The first-order chi connectivity index (χ1) is 16.7. The molecule has 6 nitrogen and oxygen atoms in total. The van der Waals surface area contributed by atoms with Crippen molar-refractivity contribution in [1.29, 1.82) is 5.26 Å². The van der Waals surface area contributed by atoms with Gasteiger partial charge in [0.2, 0.25) is 0 Å². The summed E-state index contributed by atoms with van der Waals surface area (Å²) >= 11 is 0. The number of aryl methyl sites for hydroxylation is 1. The van der Waals surface area contributed by atoms with Gasteiger partial charge in [-0.1, -0.05) is 0 Å². The Morgan fingerprint density at radius 2 is 1.89 bits per heavy atom. The Morgan fingerprint density at radius 3 is 2.54 bits per heavy atom. The van der Waals surface area contributed by atoms with Crippen molar-refractivity contribution in [3.8, 4) is 11.8 Å². The first-order valence-electron chi connectivity index (χ1n) is 11.5. The van der Waals surface area contributed by atoms with E-state index in [1.807, 2.05) is 0 Å². The van der Waals surface area contributed by atoms with Crippen LogP contribution in [-0.4, -0.2) is 40.2 Å². The number of nitrogens with zero attached hydrogens (tertiary/aromatic N) is 3. The molecule has 0 bridgehead atoms. The third-order valence-corrected chi connectivity index (χ3v) is 6.91. The van der Waals surface area contributed by atoms with Crippen LogP contribution >= 0.6 is 0 Å². The molecule has 3 aromatic rings. The van der Waals surface area contributed by atoms with Crippen molar-refractivity contribution in [1.82, 2.24) is 14.9 Å². The van der Waals surface area contributed by atoms with Crippen LogP contribution in [0, 0.1) is 23.1 Å². The SMILES string of the molecule is N#CC1CCc2[nH]c3ncc(F)c(C4CCN(C(=O)c5ccc(OC(F)(F)F)cc5)CC4)c3c2C1. The summed E-state index contributed by atoms with van der Waals surface area (Å²) in [4.78, 5) is 22.1. The number of fused-ring (bicyclic) bond motifs is 3. The van der Waals surface area contributed by atoms with Gasteiger partial charge in [-0.05, 0) is 67.9 Å². The summed E-state index contributed by atoms with van der Waals surface area (Å²) in [6.45, 7) is 0.780. The fourth-order valence-electron chi connectivity index (χ4n) is 5.24. The highest BCUT2D eigenvalue weighted by molar-refractivity contribution is 5.94. The van der Waals surface area contributed by atoms with Crippen LogP contribution in [0.3, 0.4) is 0 Å². The van der Waals surface area contributed by atoms with Crippen LogP contribution in [0.5, 0.6) is 5.75 Å². The van der Waals surface area contributed by atoms with Crippen LogP contribution in [-0.2, 0) is 12.8 Å². The molecule has 182 valence electrons. The normalized spacial score (nSPS) is 18.8. The Bertz CT molecular complexity index is 1300. The van der Waals surface area contributed by atoms with Crippen molar-refractivity contribution in [2.75, 3.05) is 13.1 Å². The standard InChI is InChI=1S/C25H22F4N4O2/c26-19-13-31-23-22(18-11-14(12-30)1-6-20(18)32-23)21(19)15-7-9-33(10-8-15)24(34)16-2-4-17(5-3-16)35-25(27,28)29/h2-5,13-15H,1,6-11H2,(H,31,32). The molecule has 1 saturated heterocycles. The summed E-state index contributed by atoms with van der Waals surface area (Å²) in [7, 11) is 0. The molecule has 2 aromatic heterocycles. The molecular formula is C25H22F4N4O2. The number of carbonyl (C=O) groups is 1. The molecule has 10 heteroatoms. The minimum Gasteiger partial charge on any atom is -0.406 e. The van der Waals surface area contributed by atoms with E-state index in [4.69, 9.17) is 0 Å². The Balaban J connectivity index is 1.33. The van der Waals surface area contributed by atoms with E-state index in [1.54, 1.807) is 4.90 Å². The number of likely N-dealkylation sites (tertiary alicyclic amines) is 1. The molecule has 1 atom stereocenters. The van der Waals surface area contributed by atoms with E-state index in [9.17, 15) is 23.2 Å². The predicted molar refractivity (Wildman–Crippen MR) is 118 cm³/mol. The van der Waals surface area contributed by atoms with Gasteiger partial charge >= 0.3 is 6.36 Å². The lowest BCUT2D eigenvalue weighted by molar-refractivity contribution is -0.274. The Labute approximate surface area is 198 Å². The number of piperidine rings is 1. The van der Waals surface area contributed by atoms with Crippen molar-refractivity contribution >= 4 is 16.9 Å². The largest absolute Gasteiger partial charge is 0.573 e. The van der Waals surface area contributed by atoms with Gasteiger partial charge in [0.15, 0.2) is 0 Å². The first kappa shape index (κ1) is 23.1. The second-order valence-electron chi connectivity index (χ2n) is 9.03. The van der Waals surface area contributed by atoms with Crippen LogP contribution in [0.15, 0.2) is 30.5 Å². The Morgan fingerprint density at radius 1 is 1.17 bits per heavy atom. The maximum atomic E-state index is 15.1. The number of alkyl halides is 3. The third-order valence-electron chi connectivity index (χ3n) is 6.91. The summed E-state index contributed by atoms with van der Waals surface area (Å²) in [6.07, 6.45) is -0.436. The number of pyridine rings is 1. The number of ether oxygens (including phenoxy) is 1. The molecule has 0 spiro atoms. The van der Waals surface area contributed by atoms with Crippen molar-refractivity contribution in [2.24, 2.45) is 5.92 Å². The lowest BCUT2D eigenvalue weighted by Crippen LogP contribution is -2.38. The van der Waals surface area contributed by atoms with Crippen molar-refractivity contribution in [3.05, 3.63) is 58.7 Å². The van der Waals surface area contributed by atoms with Crippen LogP contribution in [0.25, 0.3) is 11.0 Å². The number of aromatic amines is 1. The number of hydrogen-bond acceptors (Lipinski definition) is 4. The predicted octanol–water partition coefficient (Wildman–Crippen LogP) is 5.25. The van der Waals surface area contributed by atoms with Crippen molar-refractivity contribution in [2.45, 2.75) is 44.4 Å². The van der Waals surface area contributed by atoms with Crippen LogP contribution < -0.4 is 4.74 Å². The Kier molecular flexibility index (Phi) is 5.87. The van der Waals surface area contributed by atoms with Gasteiger partial charge in [-0.25, -0.2) is 9.37 Å². The molecule has 1 aliphatic carbocycles. The molecule has 1 N–H and O–H groups in total. The zero-order chi connectivity index (χ0) is 24.7. The van der Waals surface area contributed by atoms with Gasteiger partial charge in [0, 0.05) is 35.3 Å². The fraction of sp³-hybridized carbons (Fsp3) is 0.400. The number of nitrogens with one attached hydrogen (secondary N) is 1. The molecule has 1 aliphatic heterocycles. The minimum atomic E-state index is -4.80. The van der Waals surface area contributed by atoms with Crippen LogP contribution in [0.4, 0.5) is 17.6 Å².